The first-order valence-corrected chi connectivity index (χ1v) is 11.9. The molecule has 3 aliphatic rings. The van der Waals surface area contributed by atoms with E-state index in [1.165, 1.54) is 25.7 Å². The molecule has 2 aliphatic carbocycles. The van der Waals surface area contributed by atoms with Gasteiger partial charge in [0.25, 0.3) is 5.56 Å². The van der Waals surface area contributed by atoms with E-state index in [2.05, 4.69) is 27.5 Å². The van der Waals surface area contributed by atoms with Crippen molar-refractivity contribution in [2.75, 3.05) is 13.1 Å². The number of amides is 1. The van der Waals surface area contributed by atoms with Crippen LogP contribution in [0, 0.1) is 12.8 Å². The van der Waals surface area contributed by atoms with Crippen molar-refractivity contribution in [1.82, 2.24) is 24.8 Å². The molecule has 166 valence electrons. The Bertz CT molecular complexity index is 1050. The maximum Gasteiger partial charge on any atom is 0.276 e. The van der Waals surface area contributed by atoms with Crippen molar-refractivity contribution in [2.24, 2.45) is 5.92 Å². The average molecular weight is 424 g/mol. The zero-order valence-electron chi connectivity index (χ0n) is 18.4. The van der Waals surface area contributed by atoms with E-state index in [0.717, 1.165) is 49.7 Å². The normalized spacial score (nSPS) is 24.2. The standard InChI is InChI=1S/C24H33N5O2/c1-16-19(11-12-23(30)26-18-9-10-18)24(31)29-22(25-16)14-20(27-29)21-8-5-13-28(21)15-17-6-3-2-4-7-17/h2-3,14,17-18,21,27H,4-13,15H2,1H3,(H,26,30). The van der Waals surface area contributed by atoms with Gasteiger partial charge < -0.3 is 5.32 Å². The highest BCUT2D eigenvalue weighted by Crippen LogP contribution is 2.33. The number of aromatic nitrogens is 3. The van der Waals surface area contributed by atoms with E-state index >= 15 is 0 Å². The van der Waals surface area contributed by atoms with Crippen molar-refractivity contribution in [2.45, 2.75) is 76.8 Å². The largest absolute Gasteiger partial charge is 0.353 e. The highest BCUT2D eigenvalue weighted by molar-refractivity contribution is 5.76. The number of aryl methyl sites for hydroxylation is 1. The van der Waals surface area contributed by atoms with Gasteiger partial charge in [-0.15, -0.1) is 0 Å². The number of likely N-dealkylation sites (tertiary alicyclic amines) is 1. The van der Waals surface area contributed by atoms with Crippen molar-refractivity contribution >= 4 is 11.6 Å². The summed E-state index contributed by atoms with van der Waals surface area (Å²) in [6.07, 6.45) is 13.4. The Kier molecular flexibility index (Phi) is 5.69. The minimum Gasteiger partial charge on any atom is -0.353 e. The second-order valence-electron chi connectivity index (χ2n) is 9.53. The predicted octanol–water partition coefficient (Wildman–Crippen LogP) is 3.04. The van der Waals surface area contributed by atoms with Crippen LogP contribution in [0.3, 0.4) is 0 Å². The fourth-order valence-electron chi connectivity index (χ4n) is 5.16. The number of hydrogen-bond acceptors (Lipinski definition) is 4. The van der Waals surface area contributed by atoms with Crippen LogP contribution in [-0.2, 0) is 11.2 Å². The fourth-order valence-corrected chi connectivity index (χ4v) is 5.16. The van der Waals surface area contributed by atoms with Crippen LogP contribution in [0.4, 0.5) is 0 Å². The SMILES string of the molecule is Cc1nc2cc(C3CCCN3CC3CC=CCC3)[nH]n2c(=O)c1CCC(=O)NC1CC1. The topological polar surface area (TPSA) is 82.5 Å². The monoisotopic (exact) mass is 423 g/mol. The summed E-state index contributed by atoms with van der Waals surface area (Å²) < 4.78 is 1.58. The highest BCUT2D eigenvalue weighted by atomic mass is 16.2. The van der Waals surface area contributed by atoms with Gasteiger partial charge in [0.1, 0.15) is 0 Å². The number of nitrogens with one attached hydrogen (secondary N) is 2. The zero-order valence-corrected chi connectivity index (χ0v) is 18.4. The van der Waals surface area contributed by atoms with Crippen LogP contribution < -0.4 is 10.9 Å². The molecule has 2 aromatic heterocycles. The first kappa shape index (κ1) is 20.5. The summed E-state index contributed by atoms with van der Waals surface area (Å²) in [6.45, 7) is 4.11. The number of H-pyrrole nitrogens is 1. The molecule has 1 saturated heterocycles. The van der Waals surface area contributed by atoms with Gasteiger partial charge in [-0.05, 0) is 70.8 Å². The first-order chi connectivity index (χ1) is 15.1. The second-order valence-corrected chi connectivity index (χ2v) is 9.53. The number of aromatic amines is 1. The van der Waals surface area contributed by atoms with E-state index in [1.807, 2.05) is 13.0 Å². The molecule has 1 saturated carbocycles. The summed E-state index contributed by atoms with van der Waals surface area (Å²) in [5.41, 5.74) is 3.05. The van der Waals surface area contributed by atoms with Crippen LogP contribution in [0.15, 0.2) is 23.0 Å². The Morgan fingerprint density at radius 1 is 1.26 bits per heavy atom. The van der Waals surface area contributed by atoms with Crippen molar-refractivity contribution in [3.8, 4) is 0 Å². The van der Waals surface area contributed by atoms with Crippen molar-refractivity contribution in [1.29, 1.82) is 0 Å². The molecule has 3 heterocycles. The number of fused-ring (bicyclic) bond motifs is 1. The van der Waals surface area contributed by atoms with Gasteiger partial charge >= 0.3 is 0 Å². The number of carbonyl (C=O) groups is 1. The number of nitrogens with zero attached hydrogens (tertiary/aromatic N) is 3. The molecule has 2 atom stereocenters. The third-order valence-corrected chi connectivity index (χ3v) is 7.07. The summed E-state index contributed by atoms with van der Waals surface area (Å²) >= 11 is 0. The minimum absolute atomic E-state index is 0.0257. The van der Waals surface area contributed by atoms with Crippen LogP contribution in [0.2, 0.25) is 0 Å². The van der Waals surface area contributed by atoms with Gasteiger partial charge in [-0.3, -0.25) is 19.6 Å². The molecule has 7 nitrogen and oxygen atoms in total. The molecule has 2 unspecified atom stereocenters. The second kappa shape index (κ2) is 8.61. The molecule has 5 rings (SSSR count). The molecule has 1 amide bonds. The molecule has 0 aromatic carbocycles. The number of carbonyl (C=O) groups excluding carboxylic acids is 1. The quantitative estimate of drug-likeness (QED) is 0.671. The van der Waals surface area contributed by atoms with Crippen LogP contribution in [0.1, 0.15) is 74.4 Å². The van der Waals surface area contributed by atoms with Crippen LogP contribution in [-0.4, -0.2) is 44.5 Å². The molecule has 31 heavy (non-hydrogen) atoms. The number of rotatable bonds is 7. The molecule has 0 bridgehead atoms. The Morgan fingerprint density at radius 2 is 2.13 bits per heavy atom. The fraction of sp³-hybridized carbons (Fsp3) is 0.625. The van der Waals surface area contributed by atoms with E-state index in [9.17, 15) is 9.59 Å². The smallest absolute Gasteiger partial charge is 0.276 e. The molecular formula is C24H33N5O2. The minimum atomic E-state index is -0.0741. The maximum absolute atomic E-state index is 13.2. The van der Waals surface area contributed by atoms with Crippen molar-refractivity contribution in [3.63, 3.8) is 0 Å². The lowest BCUT2D eigenvalue weighted by Gasteiger charge is -2.29. The van der Waals surface area contributed by atoms with Gasteiger partial charge in [0.15, 0.2) is 5.65 Å². The number of hydrogen-bond donors (Lipinski definition) is 2. The van der Waals surface area contributed by atoms with Crippen molar-refractivity contribution in [3.05, 3.63) is 45.5 Å². The molecule has 1 aliphatic heterocycles. The molecule has 2 aromatic rings. The summed E-state index contributed by atoms with van der Waals surface area (Å²) in [5, 5.41) is 6.35. The third-order valence-electron chi connectivity index (χ3n) is 7.07. The molecule has 2 N–H and O–H groups in total. The summed E-state index contributed by atoms with van der Waals surface area (Å²) in [4.78, 5) is 32.5. The molecule has 0 spiro atoms. The van der Waals surface area contributed by atoms with E-state index in [4.69, 9.17) is 4.98 Å². The van der Waals surface area contributed by atoms with E-state index in [1.54, 1.807) is 4.52 Å². The summed E-state index contributed by atoms with van der Waals surface area (Å²) in [6, 6.07) is 2.71. The molecule has 7 heteroatoms. The lowest BCUT2D eigenvalue weighted by atomic mass is 9.93. The van der Waals surface area contributed by atoms with Gasteiger partial charge in [-0.1, -0.05) is 12.2 Å². The van der Waals surface area contributed by atoms with Crippen LogP contribution >= 0.6 is 0 Å². The average Bonchev–Trinajstić information content (AvgIpc) is 3.28. The van der Waals surface area contributed by atoms with Gasteiger partial charge in [-0.25, -0.2) is 9.50 Å². The Balaban J connectivity index is 1.34. The van der Waals surface area contributed by atoms with E-state index in [-0.39, 0.29) is 11.5 Å². The zero-order chi connectivity index (χ0) is 21.4. The lowest BCUT2D eigenvalue weighted by molar-refractivity contribution is -0.121. The van der Waals surface area contributed by atoms with E-state index in [0.29, 0.717) is 36.1 Å². The van der Waals surface area contributed by atoms with Gasteiger partial charge in [0.05, 0.1) is 11.7 Å². The maximum atomic E-state index is 13.2. The van der Waals surface area contributed by atoms with Crippen molar-refractivity contribution < 1.29 is 4.79 Å². The highest BCUT2D eigenvalue weighted by Gasteiger charge is 2.30. The van der Waals surface area contributed by atoms with Gasteiger partial charge in [0, 0.05) is 36.3 Å². The van der Waals surface area contributed by atoms with Gasteiger partial charge in [-0.2, -0.15) is 0 Å². The summed E-state index contributed by atoms with van der Waals surface area (Å²) in [7, 11) is 0. The third kappa shape index (κ3) is 4.47. The predicted molar refractivity (Wildman–Crippen MR) is 120 cm³/mol. The van der Waals surface area contributed by atoms with Crippen LogP contribution in [0.5, 0.6) is 0 Å². The van der Waals surface area contributed by atoms with Crippen LogP contribution in [0.25, 0.3) is 5.65 Å². The Labute approximate surface area is 182 Å². The molecular weight excluding hydrogens is 390 g/mol. The molecule has 2 fully saturated rings. The van der Waals surface area contributed by atoms with E-state index < -0.39 is 0 Å². The number of allylic oxidation sites excluding steroid dienone is 2. The summed E-state index contributed by atoms with van der Waals surface area (Å²) in [5.74, 6) is 0.754. The first-order valence-electron chi connectivity index (χ1n) is 11.9. The Morgan fingerprint density at radius 3 is 2.90 bits per heavy atom. The van der Waals surface area contributed by atoms with Gasteiger partial charge in [0.2, 0.25) is 5.91 Å². The molecule has 0 radical (unpaired) electrons. The Hall–Kier alpha value is -2.41. The lowest BCUT2D eigenvalue weighted by Crippen LogP contribution is -2.30.